The number of hydrogen-bond acceptors (Lipinski definition) is 3. The van der Waals surface area contributed by atoms with Crippen molar-refractivity contribution in [1.29, 1.82) is 0 Å². The van der Waals surface area contributed by atoms with Crippen molar-refractivity contribution in [3.63, 3.8) is 0 Å². The summed E-state index contributed by atoms with van der Waals surface area (Å²) in [7, 11) is 0. The second kappa shape index (κ2) is 6.15. The van der Waals surface area contributed by atoms with Crippen molar-refractivity contribution < 1.29 is 0 Å². The van der Waals surface area contributed by atoms with E-state index in [-0.39, 0.29) is 0 Å². The predicted octanol–water partition coefficient (Wildman–Crippen LogP) is 3.69. The minimum atomic E-state index is 0.321. The molecule has 0 bridgehead atoms. The Balaban J connectivity index is 2.13. The van der Waals surface area contributed by atoms with E-state index in [4.69, 9.17) is 11.6 Å². The third kappa shape index (κ3) is 3.53. The first-order chi connectivity index (χ1) is 8.29. The van der Waals surface area contributed by atoms with Gasteiger partial charge in [0.1, 0.15) is 0 Å². The molecule has 1 atom stereocenters. The normalized spacial score (nSPS) is 12.6. The van der Waals surface area contributed by atoms with Crippen molar-refractivity contribution in [3.05, 3.63) is 51.4 Å². The molecule has 2 rings (SSSR count). The molecule has 4 heteroatoms. The number of likely N-dealkylation sites (N-methyl/N-ethyl adjacent to an activating group) is 1. The zero-order valence-electron chi connectivity index (χ0n) is 9.69. The Morgan fingerprint density at radius 1 is 1.41 bits per heavy atom. The summed E-state index contributed by atoms with van der Waals surface area (Å²) >= 11 is 7.62. The molecule has 0 saturated carbocycles. The second-order valence-electron chi connectivity index (χ2n) is 3.82. The van der Waals surface area contributed by atoms with Crippen molar-refractivity contribution in [1.82, 2.24) is 10.3 Å². The molecule has 2 heterocycles. The van der Waals surface area contributed by atoms with Gasteiger partial charge in [-0.05, 0) is 36.7 Å². The molecular weight excluding hydrogens is 252 g/mol. The highest BCUT2D eigenvalue weighted by molar-refractivity contribution is 7.16. The molecule has 0 amide bonds. The van der Waals surface area contributed by atoms with E-state index >= 15 is 0 Å². The van der Waals surface area contributed by atoms with E-state index in [1.165, 1.54) is 10.4 Å². The van der Waals surface area contributed by atoms with Gasteiger partial charge < -0.3 is 5.32 Å². The van der Waals surface area contributed by atoms with Crippen LogP contribution in [0.4, 0.5) is 0 Å². The van der Waals surface area contributed by atoms with Crippen LogP contribution in [0.1, 0.15) is 23.4 Å². The Morgan fingerprint density at radius 2 is 2.29 bits per heavy atom. The molecule has 2 aromatic rings. The van der Waals surface area contributed by atoms with Gasteiger partial charge in [-0.2, -0.15) is 0 Å². The van der Waals surface area contributed by atoms with Gasteiger partial charge in [0.15, 0.2) is 0 Å². The second-order valence-corrected chi connectivity index (χ2v) is 5.56. The lowest BCUT2D eigenvalue weighted by molar-refractivity contribution is 0.557. The van der Waals surface area contributed by atoms with E-state index in [2.05, 4.69) is 29.4 Å². The van der Waals surface area contributed by atoms with E-state index in [9.17, 15) is 0 Å². The van der Waals surface area contributed by atoms with E-state index in [1.807, 2.05) is 18.3 Å². The predicted molar refractivity (Wildman–Crippen MR) is 73.7 cm³/mol. The SMILES string of the molecule is CCNC(Cc1cccnc1)c1ccc(Cl)s1. The fraction of sp³-hybridized carbons (Fsp3) is 0.308. The van der Waals surface area contributed by atoms with Crippen molar-refractivity contribution in [3.8, 4) is 0 Å². The van der Waals surface area contributed by atoms with Gasteiger partial charge in [-0.15, -0.1) is 11.3 Å². The molecule has 0 fully saturated rings. The molecule has 2 aromatic heterocycles. The number of nitrogens with one attached hydrogen (secondary N) is 1. The minimum absolute atomic E-state index is 0.321. The van der Waals surface area contributed by atoms with Gasteiger partial charge in [-0.25, -0.2) is 0 Å². The van der Waals surface area contributed by atoms with Crippen LogP contribution < -0.4 is 5.32 Å². The average molecular weight is 267 g/mol. The summed E-state index contributed by atoms with van der Waals surface area (Å²) in [6.07, 6.45) is 4.66. The molecule has 2 nitrogen and oxygen atoms in total. The van der Waals surface area contributed by atoms with Crippen molar-refractivity contribution in [2.75, 3.05) is 6.54 Å². The highest BCUT2D eigenvalue weighted by Crippen LogP contribution is 2.28. The standard InChI is InChI=1S/C13H15ClN2S/c1-2-16-11(12-5-6-13(14)17-12)8-10-4-3-7-15-9-10/h3-7,9,11,16H,2,8H2,1H3. The molecule has 90 valence electrons. The summed E-state index contributed by atoms with van der Waals surface area (Å²) in [5, 5.41) is 3.48. The number of thiophene rings is 1. The minimum Gasteiger partial charge on any atom is -0.309 e. The molecule has 0 aliphatic rings. The van der Waals surface area contributed by atoms with Crippen LogP contribution in [0, 0.1) is 0 Å². The van der Waals surface area contributed by atoms with Gasteiger partial charge in [0.2, 0.25) is 0 Å². The smallest absolute Gasteiger partial charge is 0.0931 e. The summed E-state index contributed by atoms with van der Waals surface area (Å²) in [4.78, 5) is 5.42. The lowest BCUT2D eigenvalue weighted by Gasteiger charge is -2.16. The zero-order valence-corrected chi connectivity index (χ0v) is 11.3. The largest absolute Gasteiger partial charge is 0.309 e. The van der Waals surface area contributed by atoms with Crippen LogP contribution in [-0.2, 0) is 6.42 Å². The maximum absolute atomic E-state index is 5.99. The Kier molecular flexibility index (Phi) is 4.54. The average Bonchev–Trinajstić information content (AvgIpc) is 2.77. The molecule has 0 saturated heterocycles. The summed E-state index contributed by atoms with van der Waals surface area (Å²) in [5.74, 6) is 0. The molecule has 1 N–H and O–H groups in total. The highest BCUT2D eigenvalue weighted by atomic mass is 35.5. The number of pyridine rings is 1. The molecule has 0 radical (unpaired) electrons. The number of hydrogen-bond donors (Lipinski definition) is 1. The summed E-state index contributed by atoms with van der Waals surface area (Å²) in [6, 6.07) is 8.44. The van der Waals surface area contributed by atoms with Gasteiger partial charge in [0, 0.05) is 23.3 Å². The molecule has 0 aromatic carbocycles. The van der Waals surface area contributed by atoms with Gasteiger partial charge in [0.05, 0.1) is 4.34 Å². The first-order valence-electron chi connectivity index (χ1n) is 5.67. The van der Waals surface area contributed by atoms with Crippen LogP contribution in [0.2, 0.25) is 4.34 Å². The number of halogens is 1. The number of rotatable bonds is 5. The van der Waals surface area contributed by atoms with Gasteiger partial charge in [0.25, 0.3) is 0 Å². The van der Waals surface area contributed by atoms with Gasteiger partial charge >= 0.3 is 0 Å². The van der Waals surface area contributed by atoms with Crippen molar-refractivity contribution in [2.24, 2.45) is 0 Å². The zero-order chi connectivity index (χ0) is 12.1. The first-order valence-corrected chi connectivity index (χ1v) is 6.86. The number of nitrogens with zero attached hydrogens (tertiary/aromatic N) is 1. The molecule has 0 aliphatic carbocycles. The molecular formula is C13H15ClN2S. The fourth-order valence-electron chi connectivity index (χ4n) is 1.79. The van der Waals surface area contributed by atoms with E-state index in [0.29, 0.717) is 6.04 Å². The third-order valence-electron chi connectivity index (χ3n) is 2.55. The molecule has 0 aliphatic heterocycles. The maximum atomic E-state index is 5.99. The van der Waals surface area contributed by atoms with Gasteiger partial charge in [-0.3, -0.25) is 4.98 Å². The van der Waals surface area contributed by atoms with Crippen LogP contribution in [-0.4, -0.2) is 11.5 Å². The van der Waals surface area contributed by atoms with Crippen molar-refractivity contribution >= 4 is 22.9 Å². The van der Waals surface area contributed by atoms with Crippen LogP contribution in [0.25, 0.3) is 0 Å². The van der Waals surface area contributed by atoms with E-state index in [0.717, 1.165) is 17.3 Å². The van der Waals surface area contributed by atoms with Crippen LogP contribution in [0.3, 0.4) is 0 Å². The highest BCUT2D eigenvalue weighted by Gasteiger charge is 2.13. The quantitative estimate of drug-likeness (QED) is 0.893. The van der Waals surface area contributed by atoms with E-state index < -0.39 is 0 Å². The lowest BCUT2D eigenvalue weighted by Crippen LogP contribution is -2.22. The van der Waals surface area contributed by atoms with Gasteiger partial charge in [-0.1, -0.05) is 24.6 Å². The van der Waals surface area contributed by atoms with Crippen LogP contribution in [0.5, 0.6) is 0 Å². The Labute approximate surface area is 111 Å². The maximum Gasteiger partial charge on any atom is 0.0931 e. The van der Waals surface area contributed by atoms with Crippen molar-refractivity contribution in [2.45, 2.75) is 19.4 Å². The molecule has 0 spiro atoms. The lowest BCUT2D eigenvalue weighted by atomic mass is 10.1. The van der Waals surface area contributed by atoms with E-state index in [1.54, 1.807) is 17.5 Å². The topological polar surface area (TPSA) is 24.9 Å². The van der Waals surface area contributed by atoms with Crippen LogP contribution in [0.15, 0.2) is 36.7 Å². The summed E-state index contributed by atoms with van der Waals surface area (Å²) in [5.41, 5.74) is 1.24. The Hall–Kier alpha value is -0.900. The summed E-state index contributed by atoms with van der Waals surface area (Å²) < 4.78 is 0.842. The summed E-state index contributed by atoms with van der Waals surface area (Å²) in [6.45, 7) is 3.06. The molecule has 17 heavy (non-hydrogen) atoms. The fourth-order valence-corrected chi connectivity index (χ4v) is 2.93. The number of aromatic nitrogens is 1. The monoisotopic (exact) mass is 266 g/mol. The Morgan fingerprint density at radius 3 is 2.88 bits per heavy atom. The first kappa shape index (κ1) is 12.6. The third-order valence-corrected chi connectivity index (χ3v) is 3.90. The molecule has 1 unspecified atom stereocenters. The van der Waals surface area contributed by atoms with Crippen LogP contribution >= 0.6 is 22.9 Å². The Bertz CT molecular complexity index is 455.